The lowest BCUT2D eigenvalue weighted by atomic mass is 10.00. The summed E-state index contributed by atoms with van der Waals surface area (Å²) in [6, 6.07) is 8.73. The maximum atomic E-state index is 14.0. The molecule has 3 aromatic rings. The van der Waals surface area contributed by atoms with Crippen LogP contribution in [0.2, 0.25) is 0 Å². The maximum absolute atomic E-state index is 14.0. The molecule has 0 unspecified atom stereocenters. The van der Waals surface area contributed by atoms with Crippen molar-refractivity contribution in [1.29, 1.82) is 0 Å². The van der Waals surface area contributed by atoms with E-state index in [1.54, 1.807) is 6.07 Å². The number of rotatable bonds is 3. The van der Waals surface area contributed by atoms with Crippen LogP contribution in [0.25, 0.3) is 22.4 Å². The van der Waals surface area contributed by atoms with Crippen LogP contribution >= 0.6 is 0 Å². The lowest BCUT2D eigenvalue weighted by molar-refractivity contribution is 0.0835. The number of ether oxygens (including phenoxy) is 1. The number of pyridine rings is 1. The molecule has 1 aromatic carbocycles. The third-order valence-electron chi connectivity index (χ3n) is 4.47. The summed E-state index contributed by atoms with van der Waals surface area (Å²) in [5.74, 6) is 1.54. The van der Waals surface area contributed by atoms with E-state index < -0.39 is 0 Å². The summed E-state index contributed by atoms with van der Waals surface area (Å²) in [5.41, 5.74) is 1.02. The standard InChI is InChI=1S/C18H19FN4O/c1-2-23-18(21-17(22-23)13-8-10-24-11-9-13)15-7-6-12-4-3-5-14(19)16(12)20-15/h3-7,13H,2,8-11H2,1H3. The molecule has 4 rings (SSSR count). The van der Waals surface area contributed by atoms with Crippen molar-refractivity contribution in [2.24, 2.45) is 0 Å². The van der Waals surface area contributed by atoms with Crippen molar-refractivity contribution < 1.29 is 9.13 Å². The molecule has 1 aliphatic heterocycles. The zero-order chi connectivity index (χ0) is 16.5. The van der Waals surface area contributed by atoms with Crippen LogP contribution in [0.1, 0.15) is 31.5 Å². The Balaban J connectivity index is 1.77. The van der Waals surface area contributed by atoms with Gasteiger partial charge in [0.2, 0.25) is 0 Å². The zero-order valence-electron chi connectivity index (χ0n) is 13.6. The lowest BCUT2D eigenvalue weighted by Gasteiger charge is -2.18. The highest BCUT2D eigenvalue weighted by Gasteiger charge is 2.22. The SMILES string of the molecule is CCn1nc(C2CCOCC2)nc1-c1ccc2cccc(F)c2n1. The maximum Gasteiger partial charge on any atom is 0.177 e. The predicted octanol–water partition coefficient (Wildman–Crippen LogP) is 3.55. The molecule has 0 N–H and O–H groups in total. The number of aromatic nitrogens is 4. The van der Waals surface area contributed by atoms with Gasteiger partial charge >= 0.3 is 0 Å². The first-order chi connectivity index (χ1) is 11.8. The fourth-order valence-electron chi connectivity index (χ4n) is 3.13. The Bertz CT molecular complexity index is 871. The number of aryl methyl sites for hydroxylation is 1. The van der Waals surface area contributed by atoms with Gasteiger partial charge in [-0.05, 0) is 31.9 Å². The van der Waals surface area contributed by atoms with Crippen molar-refractivity contribution in [3.05, 3.63) is 42.0 Å². The van der Waals surface area contributed by atoms with E-state index in [1.807, 2.05) is 29.8 Å². The van der Waals surface area contributed by atoms with Gasteiger partial charge in [0.1, 0.15) is 17.0 Å². The summed E-state index contributed by atoms with van der Waals surface area (Å²) in [7, 11) is 0. The largest absolute Gasteiger partial charge is 0.381 e. The van der Waals surface area contributed by atoms with Crippen LogP contribution in [0.4, 0.5) is 4.39 Å². The van der Waals surface area contributed by atoms with Crippen LogP contribution in [0.15, 0.2) is 30.3 Å². The number of hydrogen-bond acceptors (Lipinski definition) is 4. The van der Waals surface area contributed by atoms with Gasteiger partial charge in [-0.25, -0.2) is 19.0 Å². The van der Waals surface area contributed by atoms with Gasteiger partial charge in [0.05, 0.1) is 0 Å². The van der Waals surface area contributed by atoms with E-state index in [-0.39, 0.29) is 5.82 Å². The summed E-state index contributed by atoms with van der Waals surface area (Å²) < 4.78 is 21.3. The Kier molecular flexibility index (Phi) is 3.98. The molecular formula is C18H19FN4O. The second kappa shape index (κ2) is 6.28. The van der Waals surface area contributed by atoms with Gasteiger partial charge in [-0.3, -0.25) is 0 Å². The summed E-state index contributed by atoms with van der Waals surface area (Å²) >= 11 is 0. The first kappa shape index (κ1) is 15.2. The Hall–Kier alpha value is -2.34. The molecule has 1 aliphatic rings. The highest BCUT2D eigenvalue weighted by atomic mass is 19.1. The first-order valence-electron chi connectivity index (χ1n) is 8.34. The quantitative estimate of drug-likeness (QED) is 0.738. The van der Waals surface area contributed by atoms with Gasteiger partial charge in [-0.15, -0.1) is 0 Å². The lowest BCUT2D eigenvalue weighted by Crippen LogP contribution is -2.15. The number of fused-ring (bicyclic) bond motifs is 1. The van der Waals surface area contributed by atoms with Gasteiger partial charge in [-0.1, -0.05) is 18.2 Å². The van der Waals surface area contributed by atoms with E-state index in [0.717, 1.165) is 37.3 Å². The second-order valence-corrected chi connectivity index (χ2v) is 6.00. The minimum atomic E-state index is -0.318. The van der Waals surface area contributed by atoms with Gasteiger partial charge in [0.15, 0.2) is 11.6 Å². The number of nitrogens with zero attached hydrogens (tertiary/aromatic N) is 4. The van der Waals surface area contributed by atoms with E-state index in [2.05, 4.69) is 10.1 Å². The van der Waals surface area contributed by atoms with Crippen molar-refractivity contribution in [3.8, 4) is 11.5 Å². The summed E-state index contributed by atoms with van der Waals surface area (Å²) in [4.78, 5) is 9.21. The van der Waals surface area contributed by atoms with E-state index in [9.17, 15) is 4.39 Å². The molecule has 0 aliphatic carbocycles. The van der Waals surface area contributed by atoms with Crippen LogP contribution in [-0.4, -0.2) is 33.0 Å². The molecule has 0 saturated carbocycles. The van der Waals surface area contributed by atoms with Gasteiger partial charge in [0, 0.05) is 31.1 Å². The molecule has 6 heteroatoms. The minimum absolute atomic E-state index is 0.318. The highest BCUT2D eigenvalue weighted by molar-refractivity contribution is 5.81. The van der Waals surface area contributed by atoms with Crippen molar-refractivity contribution in [1.82, 2.24) is 19.7 Å². The average Bonchev–Trinajstić information content (AvgIpc) is 3.07. The van der Waals surface area contributed by atoms with Crippen LogP contribution < -0.4 is 0 Å². The third kappa shape index (κ3) is 2.67. The third-order valence-corrected chi connectivity index (χ3v) is 4.47. The smallest absolute Gasteiger partial charge is 0.177 e. The number of hydrogen-bond donors (Lipinski definition) is 0. The van der Waals surface area contributed by atoms with E-state index >= 15 is 0 Å². The molecular weight excluding hydrogens is 307 g/mol. The molecule has 5 nitrogen and oxygen atoms in total. The summed E-state index contributed by atoms with van der Waals surface area (Å²) in [6.07, 6.45) is 1.87. The van der Waals surface area contributed by atoms with Crippen LogP contribution in [0, 0.1) is 5.82 Å². The normalized spacial score (nSPS) is 15.9. The predicted molar refractivity (Wildman–Crippen MR) is 89.2 cm³/mol. The Morgan fingerprint density at radius 3 is 2.79 bits per heavy atom. The zero-order valence-corrected chi connectivity index (χ0v) is 13.6. The Morgan fingerprint density at radius 2 is 2.00 bits per heavy atom. The fraction of sp³-hybridized carbons (Fsp3) is 0.389. The monoisotopic (exact) mass is 326 g/mol. The Morgan fingerprint density at radius 1 is 1.17 bits per heavy atom. The topological polar surface area (TPSA) is 52.8 Å². The molecule has 2 aromatic heterocycles. The van der Waals surface area contributed by atoms with Crippen LogP contribution in [-0.2, 0) is 11.3 Å². The summed E-state index contributed by atoms with van der Waals surface area (Å²) in [6.45, 7) is 4.22. The molecule has 1 fully saturated rings. The molecule has 0 spiro atoms. The molecule has 0 radical (unpaired) electrons. The number of para-hydroxylation sites is 1. The van der Waals surface area contributed by atoms with Gasteiger partial charge < -0.3 is 4.74 Å². The van der Waals surface area contributed by atoms with E-state index in [4.69, 9.17) is 9.72 Å². The number of benzene rings is 1. The van der Waals surface area contributed by atoms with E-state index in [0.29, 0.717) is 29.5 Å². The van der Waals surface area contributed by atoms with Crippen molar-refractivity contribution in [2.75, 3.05) is 13.2 Å². The molecule has 3 heterocycles. The average molecular weight is 326 g/mol. The molecule has 24 heavy (non-hydrogen) atoms. The Labute approximate surface area is 139 Å². The van der Waals surface area contributed by atoms with Crippen LogP contribution in [0.5, 0.6) is 0 Å². The second-order valence-electron chi connectivity index (χ2n) is 6.00. The van der Waals surface area contributed by atoms with Crippen LogP contribution in [0.3, 0.4) is 0 Å². The fourth-order valence-corrected chi connectivity index (χ4v) is 3.13. The van der Waals surface area contributed by atoms with Crippen molar-refractivity contribution >= 4 is 10.9 Å². The van der Waals surface area contributed by atoms with E-state index in [1.165, 1.54) is 6.07 Å². The van der Waals surface area contributed by atoms with Gasteiger partial charge in [0.25, 0.3) is 0 Å². The number of halogens is 1. The van der Waals surface area contributed by atoms with Crippen molar-refractivity contribution in [2.45, 2.75) is 32.2 Å². The molecule has 0 amide bonds. The summed E-state index contributed by atoms with van der Waals surface area (Å²) in [5, 5.41) is 5.43. The molecule has 124 valence electrons. The van der Waals surface area contributed by atoms with Crippen molar-refractivity contribution in [3.63, 3.8) is 0 Å². The highest BCUT2D eigenvalue weighted by Crippen LogP contribution is 2.27. The van der Waals surface area contributed by atoms with Gasteiger partial charge in [-0.2, -0.15) is 5.10 Å². The minimum Gasteiger partial charge on any atom is -0.381 e. The molecule has 0 bridgehead atoms. The first-order valence-corrected chi connectivity index (χ1v) is 8.34. The molecule has 0 atom stereocenters. The molecule has 1 saturated heterocycles.